The highest BCUT2D eigenvalue weighted by Crippen LogP contribution is 2.19. The monoisotopic (exact) mass is 418 g/mol. The molecule has 1 aliphatic heterocycles. The molecule has 0 spiro atoms. The molecular weight excluding hydrogens is 392 g/mol. The van der Waals surface area contributed by atoms with Crippen molar-refractivity contribution in [3.05, 3.63) is 0 Å². The Morgan fingerprint density at radius 3 is 2.39 bits per heavy atom. The summed E-state index contributed by atoms with van der Waals surface area (Å²) in [7, 11) is 0. The van der Waals surface area contributed by atoms with E-state index in [0.29, 0.717) is 12.8 Å². The van der Waals surface area contributed by atoms with Gasteiger partial charge in [-0.2, -0.15) is 12.6 Å². The Kier molecular flexibility index (Phi) is 9.19. The summed E-state index contributed by atoms with van der Waals surface area (Å²) in [6.07, 6.45) is 0.548. The molecule has 1 saturated heterocycles. The number of nitrogens with one attached hydrogen (secondary N) is 2. The summed E-state index contributed by atoms with van der Waals surface area (Å²) >= 11 is 4.06. The quantitative estimate of drug-likeness (QED) is 0.224. The van der Waals surface area contributed by atoms with Crippen LogP contribution in [0.3, 0.4) is 0 Å². The van der Waals surface area contributed by atoms with Crippen LogP contribution in [0.5, 0.6) is 0 Å². The van der Waals surface area contributed by atoms with Gasteiger partial charge in [-0.15, -0.1) is 0 Å². The molecule has 4 unspecified atom stereocenters. The third-order valence-corrected chi connectivity index (χ3v) is 4.74. The lowest BCUT2D eigenvalue weighted by Gasteiger charge is -2.29. The zero-order valence-electron chi connectivity index (χ0n) is 15.5. The van der Waals surface area contributed by atoms with Crippen molar-refractivity contribution in [3.8, 4) is 0 Å². The molecule has 1 aliphatic rings. The molecule has 12 heteroatoms. The average molecular weight is 418 g/mol. The van der Waals surface area contributed by atoms with E-state index in [9.17, 15) is 24.0 Å². The Labute approximate surface area is 167 Å². The molecule has 1 rings (SSSR count). The summed E-state index contributed by atoms with van der Waals surface area (Å²) in [6.45, 7) is 1.60. The van der Waals surface area contributed by atoms with Crippen LogP contribution in [0, 0.1) is 0 Å². The molecule has 158 valence electrons. The minimum Gasteiger partial charge on any atom is -0.481 e. The molecule has 0 bridgehead atoms. The number of aliphatic carboxylic acids is 2. The van der Waals surface area contributed by atoms with Crippen LogP contribution in [-0.4, -0.2) is 81.2 Å². The van der Waals surface area contributed by atoms with Gasteiger partial charge < -0.3 is 31.5 Å². The molecule has 1 fully saturated rings. The predicted octanol–water partition coefficient (Wildman–Crippen LogP) is -1.83. The van der Waals surface area contributed by atoms with E-state index in [1.54, 1.807) is 0 Å². The maximum absolute atomic E-state index is 12.8. The van der Waals surface area contributed by atoms with E-state index in [0.717, 1.165) is 0 Å². The van der Waals surface area contributed by atoms with Gasteiger partial charge in [-0.05, 0) is 26.2 Å². The number of carboxylic acid groups (broad SMARTS) is 2. The van der Waals surface area contributed by atoms with E-state index in [2.05, 4.69) is 23.3 Å². The second-order valence-electron chi connectivity index (χ2n) is 6.54. The molecule has 11 nitrogen and oxygen atoms in total. The Bertz CT molecular complexity index is 630. The van der Waals surface area contributed by atoms with Crippen LogP contribution in [0.2, 0.25) is 0 Å². The first-order chi connectivity index (χ1) is 13.1. The van der Waals surface area contributed by atoms with E-state index in [-0.39, 0.29) is 25.1 Å². The van der Waals surface area contributed by atoms with Crippen LogP contribution in [0.15, 0.2) is 0 Å². The van der Waals surface area contributed by atoms with Gasteiger partial charge in [-0.3, -0.25) is 24.0 Å². The number of nitrogens with two attached hydrogens (primary N) is 1. The molecule has 0 aromatic rings. The number of thiol groups is 1. The number of rotatable bonds is 10. The molecule has 4 atom stereocenters. The summed E-state index contributed by atoms with van der Waals surface area (Å²) in [5.41, 5.74) is 5.64. The Morgan fingerprint density at radius 1 is 1.21 bits per heavy atom. The van der Waals surface area contributed by atoms with Crippen molar-refractivity contribution in [2.75, 3.05) is 12.3 Å². The van der Waals surface area contributed by atoms with Gasteiger partial charge in [0, 0.05) is 18.7 Å². The Hall–Kier alpha value is -2.34. The largest absolute Gasteiger partial charge is 0.481 e. The number of hydrogen-bond acceptors (Lipinski definition) is 7. The number of carbonyl (C=O) groups excluding carboxylic acids is 3. The van der Waals surface area contributed by atoms with Gasteiger partial charge in [0.15, 0.2) is 0 Å². The maximum Gasteiger partial charge on any atom is 0.325 e. The fourth-order valence-electron chi connectivity index (χ4n) is 2.75. The molecular formula is C16H26N4O7S. The van der Waals surface area contributed by atoms with Crippen LogP contribution in [0.1, 0.15) is 32.6 Å². The van der Waals surface area contributed by atoms with Gasteiger partial charge >= 0.3 is 11.9 Å². The number of amides is 3. The predicted molar refractivity (Wildman–Crippen MR) is 101 cm³/mol. The van der Waals surface area contributed by atoms with Gasteiger partial charge in [0.2, 0.25) is 17.7 Å². The van der Waals surface area contributed by atoms with Gasteiger partial charge in [0.25, 0.3) is 0 Å². The van der Waals surface area contributed by atoms with Crippen molar-refractivity contribution in [2.24, 2.45) is 5.73 Å². The van der Waals surface area contributed by atoms with Crippen LogP contribution in [-0.2, 0) is 24.0 Å². The molecule has 0 saturated carbocycles. The highest BCUT2D eigenvalue weighted by molar-refractivity contribution is 7.80. The van der Waals surface area contributed by atoms with E-state index in [4.69, 9.17) is 15.9 Å². The van der Waals surface area contributed by atoms with Gasteiger partial charge in [0.1, 0.15) is 18.1 Å². The van der Waals surface area contributed by atoms with E-state index in [1.165, 1.54) is 11.8 Å². The number of carbonyl (C=O) groups is 5. The van der Waals surface area contributed by atoms with Gasteiger partial charge in [-0.25, -0.2) is 0 Å². The minimum atomic E-state index is -1.19. The summed E-state index contributed by atoms with van der Waals surface area (Å²) in [5, 5.41) is 22.3. The number of nitrogens with zero attached hydrogens (tertiary/aromatic N) is 1. The summed E-state index contributed by atoms with van der Waals surface area (Å²) < 4.78 is 0. The normalized spacial score (nSPS) is 19.4. The van der Waals surface area contributed by atoms with Gasteiger partial charge in [0.05, 0.1) is 6.04 Å². The molecule has 0 aromatic carbocycles. The molecule has 1 heterocycles. The van der Waals surface area contributed by atoms with Gasteiger partial charge in [-0.1, -0.05) is 0 Å². The lowest BCUT2D eigenvalue weighted by Crippen LogP contribution is -2.57. The summed E-state index contributed by atoms with van der Waals surface area (Å²) in [6, 6.07) is -4.08. The number of carboxylic acids is 2. The van der Waals surface area contributed by atoms with Crippen LogP contribution in [0.4, 0.5) is 0 Å². The van der Waals surface area contributed by atoms with Crippen molar-refractivity contribution >= 4 is 42.3 Å². The lowest BCUT2D eigenvalue weighted by atomic mass is 10.1. The van der Waals surface area contributed by atoms with Crippen molar-refractivity contribution in [1.29, 1.82) is 0 Å². The van der Waals surface area contributed by atoms with Crippen LogP contribution < -0.4 is 16.4 Å². The molecule has 0 aliphatic carbocycles. The van der Waals surface area contributed by atoms with Crippen LogP contribution >= 0.6 is 12.6 Å². The zero-order valence-corrected chi connectivity index (χ0v) is 16.4. The highest BCUT2D eigenvalue weighted by atomic mass is 32.1. The highest BCUT2D eigenvalue weighted by Gasteiger charge is 2.38. The number of hydrogen-bond donors (Lipinski definition) is 6. The first kappa shape index (κ1) is 23.7. The minimum absolute atomic E-state index is 0.0490. The smallest absolute Gasteiger partial charge is 0.325 e. The van der Waals surface area contributed by atoms with Crippen LogP contribution in [0.25, 0.3) is 0 Å². The molecule has 28 heavy (non-hydrogen) atoms. The second-order valence-corrected chi connectivity index (χ2v) is 6.91. The fraction of sp³-hybridized carbons (Fsp3) is 0.688. The zero-order chi connectivity index (χ0) is 21.4. The first-order valence-electron chi connectivity index (χ1n) is 8.80. The van der Waals surface area contributed by atoms with Crippen molar-refractivity contribution in [2.45, 2.75) is 56.8 Å². The third-order valence-electron chi connectivity index (χ3n) is 4.37. The second kappa shape index (κ2) is 10.9. The average Bonchev–Trinajstić information content (AvgIpc) is 3.12. The molecule has 0 radical (unpaired) electrons. The lowest BCUT2D eigenvalue weighted by molar-refractivity contribution is -0.144. The van der Waals surface area contributed by atoms with E-state index in [1.807, 2.05) is 0 Å². The van der Waals surface area contributed by atoms with Crippen molar-refractivity contribution in [1.82, 2.24) is 15.5 Å². The molecule has 0 aromatic heterocycles. The summed E-state index contributed by atoms with van der Waals surface area (Å²) in [4.78, 5) is 59.9. The maximum atomic E-state index is 12.8. The molecule has 3 amide bonds. The summed E-state index contributed by atoms with van der Waals surface area (Å²) in [5.74, 6) is -4.13. The Balaban J connectivity index is 2.74. The van der Waals surface area contributed by atoms with E-state index < -0.39 is 53.8 Å². The standard InChI is InChI=1S/C16H26N4O7S/c1-8(16(26)27)18-14(24)11-3-2-6-20(11)15(25)10(7-28)19-13(23)9(17)4-5-12(21)22/h8-11,28H,2-7,17H2,1H3,(H,18,24)(H,19,23)(H,21,22)(H,26,27). The van der Waals surface area contributed by atoms with E-state index >= 15 is 0 Å². The van der Waals surface area contributed by atoms with Crippen molar-refractivity contribution < 1.29 is 34.2 Å². The fourth-order valence-corrected chi connectivity index (χ4v) is 3.00. The first-order valence-corrected chi connectivity index (χ1v) is 9.44. The molecule has 6 N–H and O–H groups in total. The number of likely N-dealkylation sites (tertiary alicyclic amines) is 1. The topological polar surface area (TPSA) is 179 Å². The Morgan fingerprint density at radius 2 is 1.86 bits per heavy atom. The van der Waals surface area contributed by atoms with Crippen molar-refractivity contribution in [3.63, 3.8) is 0 Å². The third kappa shape index (κ3) is 6.68. The SMILES string of the molecule is CC(NC(=O)C1CCCN1C(=O)C(CS)NC(=O)C(N)CCC(=O)O)C(=O)O.